The first-order valence-electron chi connectivity index (χ1n) is 4.80. The molecule has 62 valence electrons. The molecule has 2 aliphatic heterocycles. The fourth-order valence-corrected chi connectivity index (χ4v) is 3.47. The molecule has 0 radical (unpaired) electrons. The Morgan fingerprint density at radius 3 is 3.09 bits per heavy atom. The second-order valence-electron chi connectivity index (χ2n) is 4.34. The summed E-state index contributed by atoms with van der Waals surface area (Å²) in [5.74, 6) is 1.80. The van der Waals surface area contributed by atoms with Gasteiger partial charge in [0.15, 0.2) is 0 Å². The number of aliphatic hydroxyl groups excluding tert-OH is 1. The Morgan fingerprint density at radius 1 is 1.27 bits per heavy atom. The molecule has 0 aromatic heterocycles. The molecule has 1 N–H and O–H groups in total. The van der Waals surface area contributed by atoms with Crippen LogP contribution in [-0.4, -0.2) is 28.8 Å². The van der Waals surface area contributed by atoms with Crippen LogP contribution in [0.15, 0.2) is 0 Å². The van der Waals surface area contributed by atoms with E-state index in [1.165, 1.54) is 25.8 Å². The Balaban J connectivity index is 1.90. The maximum atomic E-state index is 9.59. The standard InChI is InChI=1S/C9H15NO/c11-9-4-6-5-10(9)8-3-1-2-7(6)8/h6-9,11H,1-5H2. The summed E-state index contributed by atoms with van der Waals surface area (Å²) in [4.78, 5) is 2.34. The normalized spacial score (nSPS) is 60.3. The zero-order valence-corrected chi connectivity index (χ0v) is 6.74. The van der Waals surface area contributed by atoms with Gasteiger partial charge in [-0.2, -0.15) is 0 Å². The molecule has 2 heteroatoms. The Kier molecular flexibility index (Phi) is 1.16. The van der Waals surface area contributed by atoms with Crippen LogP contribution in [0, 0.1) is 11.8 Å². The number of rotatable bonds is 0. The van der Waals surface area contributed by atoms with E-state index < -0.39 is 0 Å². The molecule has 2 saturated heterocycles. The average molecular weight is 153 g/mol. The van der Waals surface area contributed by atoms with E-state index >= 15 is 0 Å². The van der Waals surface area contributed by atoms with Gasteiger partial charge in [-0.25, -0.2) is 0 Å². The van der Waals surface area contributed by atoms with Crippen LogP contribution < -0.4 is 0 Å². The van der Waals surface area contributed by atoms with Gasteiger partial charge in [0.25, 0.3) is 0 Å². The van der Waals surface area contributed by atoms with E-state index in [1.54, 1.807) is 0 Å². The molecule has 0 aromatic carbocycles. The molecule has 2 heterocycles. The summed E-state index contributed by atoms with van der Waals surface area (Å²) < 4.78 is 0. The zero-order valence-electron chi connectivity index (χ0n) is 6.74. The van der Waals surface area contributed by atoms with Gasteiger partial charge in [-0.05, 0) is 31.1 Å². The first-order chi connectivity index (χ1) is 5.36. The van der Waals surface area contributed by atoms with Gasteiger partial charge in [0.2, 0.25) is 0 Å². The molecule has 0 aromatic rings. The summed E-state index contributed by atoms with van der Waals surface area (Å²) in [6.45, 7) is 1.19. The van der Waals surface area contributed by atoms with Gasteiger partial charge in [0.05, 0.1) is 0 Å². The van der Waals surface area contributed by atoms with Crippen LogP contribution in [0.4, 0.5) is 0 Å². The van der Waals surface area contributed by atoms with E-state index in [0.29, 0.717) is 0 Å². The lowest BCUT2D eigenvalue weighted by Gasteiger charge is -2.30. The van der Waals surface area contributed by atoms with Gasteiger partial charge in [0.1, 0.15) is 6.23 Å². The SMILES string of the molecule is OC1CC2CN1C1CCCC21. The van der Waals surface area contributed by atoms with E-state index in [2.05, 4.69) is 4.90 Å². The van der Waals surface area contributed by atoms with Crippen LogP contribution in [0.2, 0.25) is 0 Å². The summed E-state index contributed by atoms with van der Waals surface area (Å²) in [7, 11) is 0. The van der Waals surface area contributed by atoms with Crippen molar-refractivity contribution in [3.05, 3.63) is 0 Å². The number of piperidine rings is 1. The van der Waals surface area contributed by atoms with Crippen molar-refractivity contribution in [1.29, 1.82) is 0 Å². The molecular weight excluding hydrogens is 138 g/mol. The Hall–Kier alpha value is -0.0800. The number of fused-ring (bicyclic) bond motifs is 5. The first-order valence-corrected chi connectivity index (χ1v) is 4.80. The molecular formula is C9H15NO. The minimum absolute atomic E-state index is 0.0839. The van der Waals surface area contributed by atoms with Crippen molar-refractivity contribution in [3.8, 4) is 0 Å². The average Bonchev–Trinajstić information content (AvgIpc) is 2.52. The highest BCUT2D eigenvalue weighted by Gasteiger charge is 2.51. The minimum Gasteiger partial charge on any atom is -0.378 e. The maximum Gasteiger partial charge on any atom is 0.107 e. The highest BCUT2D eigenvalue weighted by atomic mass is 16.3. The van der Waals surface area contributed by atoms with E-state index in [0.717, 1.165) is 24.3 Å². The fraction of sp³-hybridized carbons (Fsp3) is 1.00. The van der Waals surface area contributed by atoms with Gasteiger partial charge in [-0.15, -0.1) is 0 Å². The van der Waals surface area contributed by atoms with Crippen LogP contribution >= 0.6 is 0 Å². The van der Waals surface area contributed by atoms with Crippen molar-refractivity contribution in [2.75, 3.05) is 6.54 Å². The van der Waals surface area contributed by atoms with Crippen molar-refractivity contribution < 1.29 is 5.11 Å². The van der Waals surface area contributed by atoms with Crippen molar-refractivity contribution in [3.63, 3.8) is 0 Å². The maximum absolute atomic E-state index is 9.59. The summed E-state index contributed by atoms with van der Waals surface area (Å²) in [5, 5.41) is 9.59. The van der Waals surface area contributed by atoms with Gasteiger partial charge in [-0.3, -0.25) is 4.90 Å². The molecule has 3 rings (SSSR count). The van der Waals surface area contributed by atoms with E-state index in [4.69, 9.17) is 0 Å². The fourth-order valence-electron chi connectivity index (χ4n) is 3.47. The van der Waals surface area contributed by atoms with Crippen molar-refractivity contribution in [2.45, 2.75) is 38.0 Å². The third-order valence-electron chi connectivity index (χ3n) is 3.90. The second-order valence-corrected chi connectivity index (χ2v) is 4.34. The lowest BCUT2D eigenvalue weighted by Crippen LogP contribution is -2.39. The first kappa shape index (κ1) is 6.44. The topological polar surface area (TPSA) is 23.5 Å². The molecule has 3 fully saturated rings. The second kappa shape index (κ2) is 1.99. The Bertz CT molecular complexity index is 182. The third kappa shape index (κ3) is 0.695. The highest BCUT2D eigenvalue weighted by molar-refractivity contribution is 5.02. The predicted molar refractivity (Wildman–Crippen MR) is 41.9 cm³/mol. The summed E-state index contributed by atoms with van der Waals surface area (Å²) in [5.41, 5.74) is 0. The quantitative estimate of drug-likeness (QED) is 0.556. The molecule has 11 heavy (non-hydrogen) atoms. The summed E-state index contributed by atoms with van der Waals surface area (Å²) in [6, 6.07) is 0.767. The molecule has 5 atom stereocenters. The molecule has 5 unspecified atom stereocenters. The molecule has 2 nitrogen and oxygen atoms in total. The summed E-state index contributed by atoms with van der Waals surface area (Å²) >= 11 is 0. The molecule has 0 amide bonds. The summed E-state index contributed by atoms with van der Waals surface area (Å²) in [6.07, 6.45) is 5.15. The van der Waals surface area contributed by atoms with Crippen LogP contribution in [0.1, 0.15) is 25.7 Å². The van der Waals surface area contributed by atoms with E-state index in [9.17, 15) is 5.11 Å². The molecule has 3 aliphatic rings. The lowest BCUT2D eigenvalue weighted by atomic mass is 9.88. The molecule has 0 spiro atoms. The van der Waals surface area contributed by atoms with Crippen LogP contribution in [0.3, 0.4) is 0 Å². The molecule has 2 bridgehead atoms. The van der Waals surface area contributed by atoms with Gasteiger partial charge >= 0.3 is 0 Å². The van der Waals surface area contributed by atoms with Gasteiger partial charge < -0.3 is 5.11 Å². The van der Waals surface area contributed by atoms with Crippen molar-refractivity contribution >= 4 is 0 Å². The predicted octanol–water partition coefficient (Wildman–Crippen LogP) is 0.809. The van der Waals surface area contributed by atoms with Crippen LogP contribution in [-0.2, 0) is 0 Å². The Labute approximate surface area is 67.2 Å². The van der Waals surface area contributed by atoms with Crippen molar-refractivity contribution in [1.82, 2.24) is 4.90 Å². The number of aliphatic hydroxyl groups is 1. The third-order valence-corrected chi connectivity index (χ3v) is 3.90. The largest absolute Gasteiger partial charge is 0.378 e. The molecule has 1 saturated carbocycles. The van der Waals surface area contributed by atoms with Crippen molar-refractivity contribution in [2.24, 2.45) is 11.8 Å². The van der Waals surface area contributed by atoms with Gasteiger partial charge in [0, 0.05) is 12.6 Å². The number of hydrogen-bond donors (Lipinski definition) is 1. The van der Waals surface area contributed by atoms with Gasteiger partial charge in [-0.1, -0.05) is 6.42 Å². The monoisotopic (exact) mass is 153 g/mol. The van der Waals surface area contributed by atoms with Crippen LogP contribution in [0.25, 0.3) is 0 Å². The lowest BCUT2D eigenvalue weighted by molar-refractivity contribution is -0.00818. The van der Waals surface area contributed by atoms with E-state index in [-0.39, 0.29) is 6.23 Å². The minimum atomic E-state index is -0.0839. The number of hydrogen-bond acceptors (Lipinski definition) is 2. The molecule has 1 aliphatic carbocycles. The smallest absolute Gasteiger partial charge is 0.107 e. The van der Waals surface area contributed by atoms with Crippen LogP contribution in [0.5, 0.6) is 0 Å². The number of nitrogens with zero attached hydrogens (tertiary/aromatic N) is 1. The highest BCUT2D eigenvalue weighted by Crippen LogP contribution is 2.48. The van der Waals surface area contributed by atoms with E-state index in [1.807, 2.05) is 0 Å². The zero-order chi connectivity index (χ0) is 7.42. The Morgan fingerprint density at radius 2 is 2.18 bits per heavy atom.